The Hall–Kier alpha value is -3.18. The van der Waals surface area contributed by atoms with E-state index in [4.69, 9.17) is 0 Å². The first-order chi connectivity index (χ1) is 14.1. The number of nitrogens with one attached hydrogen (secondary N) is 2. The molecule has 1 aliphatic carbocycles. The number of rotatable bonds is 7. The minimum absolute atomic E-state index is 0.122. The molecule has 0 radical (unpaired) electrons. The van der Waals surface area contributed by atoms with Crippen LogP contribution in [0.4, 0.5) is 5.69 Å². The van der Waals surface area contributed by atoms with Gasteiger partial charge in [-0.15, -0.1) is 0 Å². The smallest absolute Gasteiger partial charge is 0.279 e. The Morgan fingerprint density at radius 3 is 2.55 bits per heavy atom. The maximum Gasteiger partial charge on any atom is 0.279 e. The fourth-order valence-corrected chi connectivity index (χ4v) is 3.54. The summed E-state index contributed by atoms with van der Waals surface area (Å²) in [5.41, 5.74) is 2.27. The zero-order valence-electron chi connectivity index (χ0n) is 16.5. The number of benzene rings is 3. The molecule has 4 rings (SSSR count). The molecule has 1 aliphatic rings. The Kier molecular flexibility index (Phi) is 5.58. The van der Waals surface area contributed by atoms with Crippen LogP contribution in [0.1, 0.15) is 41.7 Å². The molecule has 29 heavy (non-hydrogen) atoms. The maximum atomic E-state index is 12.5. The van der Waals surface area contributed by atoms with Gasteiger partial charge in [0.1, 0.15) is 6.04 Å². The third kappa shape index (κ3) is 4.63. The number of nitrogens with two attached hydrogens (primary N) is 1. The molecule has 0 spiro atoms. The second-order valence-electron chi connectivity index (χ2n) is 7.64. The van der Waals surface area contributed by atoms with E-state index >= 15 is 0 Å². The predicted octanol–water partition coefficient (Wildman–Crippen LogP) is 3.00. The number of quaternary nitrogens is 1. The van der Waals surface area contributed by atoms with Crippen molar-refractivity contribution in [2.45, 2.75) is 31.8 Å². The molecule has 1 saturated carbocycles. The summed E-state index contributed by atoms with van der Waals surface area (Å²) in [6.45, 7) is 2.38. The van der Waals surface area contributed by atoms with Gasteiger partial charge in [-0.3, -0.25) is 9.59 Å². The molecule has 1 atom stereocenters. The second kappa shape index (κ2) is 8.45. The molecule has 0 heterocycles. The third-order valence-electron chi connectivity index (χ3n) is 5.33. The lowest BCUT2D eigenvalue weighted by atomic mass is 10.00. The van der Waals surface area contributed by atoms with Crippen LogP contribution in [0.25, 0.3) is 10.8 Å². The second-order valence-corrected chi connectivity index (χ2v) is 7.64. The lowest BCUT2D eigenvalue weighted by molar-refractivity contribution is -0.682. The topological polar surface area (TPSA) is 74.8 Å². The van der Waals surface area contributed by atoms with Crippen molar-refractivity contribution in [3.63, 3.8) is 0 Å². The molecular weight excluding hydrogens is 362 g/mol. The first kappa shape index (κ1) is 19.2. The summed E-state index contributed by atoms with van der Waals surface area (Å²) in [6, 6.07) is 22.1. The average molecular weight is 388 g/mol. The highest BCUT2D eigenvalue weighted by atomic mass is 16.2. The lowest BCUT2D eigenvalue weighted by Crippen LogP contribution is -2.86. The molecular formula is C24H26N3O2+. The predicted molar refractivity (Wildman–Crippen MR) is 115 cm³/mol. The number of hydrogen-bond acceptors (Lipinski definition) is 2. The number of hydrogen-bond donors (Lipinski definition) is 3. The van der Waals surface area contributed by atoms with Gasteiger partial charge >= 0.3 is 0 Å². The van der Waals surface area contributed by atoms with Gasteiger partial charge in [-0.25, -0.2) is 0 Å². The van der Waals surface area contributed by atoms with E-state index in [1.165, 1.54) is 16.3 Å². The highest BCUT2D eigenvalue weighted by Crippen LogP contribution is 2.23. The molecule has 0 unspecified atom stereocenters. The van der Waals surface area contributed by atoms with Crippen molar-refractivity contribution < 1.29 is 14.9 Å². The van der Waals surface area contributed by atoms with Crippen LogP contribution in [0.5, 0.6) is 0 Å². The highest BCUT2D eigenvalue weighted by molar-refractivity contribution is 6.04. The first-order valence-electron chi connectivity index (χ1n) is 10.1. The van der Waals surface area contributed by atoms with Gasteiger partial charge in [0.25, 0.3) is 11.8 Å². The van der Waals surface area contributed by atoms with Crippen molar-refractivity contribution >= 4 is 28.3 Å². The van der Waals surface area contributed by atoms with E-state index in [2.05, 4.69) is 47.9 Å². The number of amides is 2. The fourth-order valence-electron chi connectivity index (χ4n) is 3.54. The Morgan fingerprint density at radius 1 is 1.00 bits per heavy atom. The van der Waals surface area contributed by atoms with Crippen LogP contribution in [0.2, 0.25) is 0 Å². The minimum atomic E-state index is -0.128. The standard InChI is InChI=1S/C24H25N3O2/c1-16(19-11-6-8-17-7-2-3-9-20(17)19)25-15-23(28)27-22-12-5-4-10-21(22)24(29)26-18-13-14-18/h2-12,16,18,25H,13-15H2,1H3,(H,26,29)(H,27,28)/p+1/t16-/m0/s1. The van der Waals surface area contributed by atoms with E-state index < -0.39 is 0 Å². The van der Waals surface area contributed by atoms with Gasteiger partial charge in [0.15, 0.2) is 6.54 Å². The summed E-state index contributed by atoms with van der Waals surface area (Å²) >= 11 is 0. The summed E-state index contributed by atoms with van der Waals surface area (Å²) in [5.74, 6) is -0.250. The average Bonchev–Trinajstić information content (AvgIpc) is 3.56. The van der Waals surface area contributed by atoms with Crippen molar-refractivity contribution in [2.75, 3.05) is 11.9 Å². The quantitative estimate of drug-likeness (QED) is 0.582. The Bertz CT molecular complexity index is 1040. The van der Waals surface area contributed by atoms with E-state index in [0.29, 0.717) is 11.3 Å². The summed E-state index contributed by atoms with van der Waals surface area (Å²) in [4.78, 5) is 24.9. The lowest BCUT2D eigenvalue weighted by Gasteiger charge is -2.14. The van der Waals surface area contributed by atoms with E-state index in [1.54, 1.807) is 12.1 Å². The van der Waals surface area contributed by atoms with E-state index in [1.807, 2.05) is 29.6 Å². The van der Waals surface area contributed by atoms with Gasteiger partial charge in [-0.2, -0.15) is 0 Å². The maximum absolute atomic E-state index is 12.5. The number of fused-ring (bicyclic) bond motifs is 1. The molecule has 0 aromatic heterocycles. The molecule has 3 aromatic carbocycles. The Balaban J connectivity index is 1.39. The molecule has 0 bridgehead atoms. The monoisotopic (exact) mass is 388 g/mol. The van der Waals surface area contributed by atoms with Crippen molar-refractivity contribution in [1.82, 2.24) is 5.32 Å². The first-order valence-corrected chi connectivity index (χ1v) is 10.1. The summed E-state index contributed by atoms with van der Waals surface area (Å²) in [7, 11) is 0. The van der Waals surface area contributed by atoms with Crippen molar-refractivity contribution in [2.24, 2.45) is 0 Å². The molecule has 4 N–H and O–H groups in total. The molecule has 3 aromatic rings. The van der Waals surface area contributed by atoms with Gasteiger partial charge in [-0.1, -0.05) is 54.6 Å². The van der Waals surface area contributed by atoms with Gasteiger partial charge < -0.3 is 16.0 Å². The SMILES string of the molecule is C[C@H]([NH2+]CC(=O)Nc1ccccc1C(=O)NC1CC1)c1cccc2ccccc12. The Labute approximate surface area is 170 Å². The Morgan fingerprint density at radius 2 is 1.72 bits per heavy atom. The van der Waals surface area contributed by atoms with E-state index in [-0.39, 0.29) is 30.4 Å². The van der Waals surface area contributed by atoms with Crippen LogP contribution < -0.4 is 16.0 Å². The summed E-state index contributed by atoms with van der Waals surface area (Å²) in [5, 5.41) is 10.3. The fraction of sp³-hybridized carbons (Fsp3) is 0.250. The zero-order valence-corrected chi connectivity index (χ0v) is 16.5. The molecule has 0 aliphatic heterocycles. The molecule has 2 amide bonds. The third-order valence-corrected chi connectivity index (χ3v) is 5.33. The normalized spacial score (nSPS) is 14.4. The van der Waals surface area contributed by atoms with E-state index in [9.17, 15) is 9.59 Å². The largest absolute Gasteiger partial charge is 0.349 e. The number of carbonyl (C=O) groups excluding carboxylic acids is 2. The van der Waals surface area contributed by atoms with Crippen LogP contribution in [0, 0.1) is 0 Å². The van der Waals surface area contributed by atoms with Crippen LogP contribution in [-0.4, -0.2) is 24.4 Å². The van der Waals surface area contributed by atoms with Crippen molar-refractivity contribution in [1.29, 1.82) is 0 Å². The summed E-state index contributed by atoms with van der Waals surface area (Å²) < 4.78 is 0. The van der Waals surface area contributed by atoms with Crippen LogP contribution in [0.3, 0.4) is 0 Å². The zero-order chi connectivity index (χ0) is 20.2. The molecule has 1 fully saturated rings. The van der Waals surface area contributed by atoms with Crippen LogP contribution in [0.15, 0.2) is 66.7 Å². The summed E-state index contributed by atoms with van der Waals surface area (Å²) in [6.07, 6.45) is 2.06. The minimum Gasteiger partial charge on any atom is -0.349 e. The van der Waals surface area contributed by atoms with Gasteiger partial charge in [-0.05, 0) is 42.7 Å². The van der Waals surface area contributed by atoms with Crippen LogP contribution in [-0.2, 0) is 4.79 Å². The van der Waals surface area contributed by atoms with Crippen molar-refractivity contribution in [3.8, 4) is 0 Å². The van der Waals surface area contributed by atoms with E-state index in [0.717, 1.165) is 12.8 Å². The molecule has 0 saturated heterocycles. The van der Waals surface area contributed by atoms with Crippen LogP contribution >= 0.6 is 0 Å². The number of anilines is 1. The highest BCUT2D eigenvalue weighted by Gasteiger charge is 2.25. The molecule has 5 heteroatoms. The molecule has 148 valence electrons. The molecule has 5 nitrogen and oxygen atoms in total. The van der Waals surface area contributed by atoms with Crippen molar-refractivity contribution in [3.05, 3.63) is 77.9 Å². The number of carbonyl (C=O) groups is 2. The van der Waals surface area contributed by atoms with Gasteiger partial charge in [0.2, 0.25) is 0 Å². The van der Waals surface area contributed by atoms with Gasteiger partial charge in [0.05, 0.1) is 11.3 Å². The number of para-hydroxylation sites is 1. The van der Waals surface area contributed by atoms with Gasteiger partial charge in [0, 0.05) is 11.6 Å².